The topological polar surface area (TPSA) is 98.3 Å². The minimum atomic E-state index is -4.47. The zero-order valence-electron chi connectivity index (χ0n) is 26.3. The fourth-order valence-corrected chi connectivity index (χ4v) is 5.07. The van der Waals surface area contributed by atoms with Crippen molar-refractivity contribution in [3.05, 3.63) is 89.1 Å². The van der Waals surface area contributed by atoms with E-state index >= 15 is 0 Å². The SMILES string of the molecule is COC(=O)C[C@@H]1Cc2ccc(OCCCN(C(=O)OC(C)(C)C)c3ccccn3)cc2CN(Cc2ccc(C(F)(F)F)cc2)C1=O. The number of fused-ring (bicyclic) bond motifs is 1. The van der Waals surface area contributed by atoms with Crippen LogP contribution in [0.1, 0.15) is 55.9 Å². The molecule has 0 spiro atoms. The minimum Gasteiger partial charge on any atom is -0.494 e. The second-order valence-corrected chi connectivity index (χ2v) is 12.0. The van der Waals surface area contributed by atoms with Crippen LogP contribution in [0.2, 0.25) is 0 Å². The van der Waals surface area contributed by atoms with Crippen LogP contribution in [-0.2, 0) is 44.7 Å². The Bertz CT molecular complexity index is 1510. The smallest absolute Gasteiger partial charge is 0.416 e. The number of aromatic nitrogens is 1. The van der Waals surface area contributed by atoms with Gasteiger partial charge in [-0.3, -0.25) is 14.5 Å². The maximum atomic E-state index is 13.6. The van der Waals surface area contributed by atoms with Crippen LogP contribution in [0.5, 0.6) is 5.75 Å². The number of carbonyl (C=O) groups is 3. The second-order valence-electron chi connectivity index (χ2n) is 12.0. The van der Waals surface area contributed by atoms with Crippen LogP contribution in [-0.4, -0.2) is 53.7 Å². The number of esters is 1. The summed E-state index contributed by atoms with van der Waals surface area (Å²) < 4.78 is 55.6. The summed E-state index contributed by atoms with van der Waals surface area (Å²) in [5.41, 5.74) is 0.727. The summed E-state index contributed by atoms with van der Waals surface area (Å²) in [4.78, 5) is 45.9. The fourth-order valence-electron chi connectivity index (χ4n) is 5.07. The molecule has 1 aliphatic heterocycles. The number of amides is 2. The molecule has 0 fully saturated rings. The Morgan fingerprint density at radius 3 is 2.39 bits per heavy atom. The van der Waals surface area contributed by atoms with E-state index in [0.29, 0.717) is 36.5 Å². The molecule has 2 heterocycles. The predicted octanol–water partition coefficient (Wildman–Crippen LogP) is 6.58. The van der Waals surface area contributed by atoms with Crippen LogP contribution in [0.15, 0.2) is 66.9 Å². The lowest BCUT2D eigenvalue weighted by Crippen LogP contribution is -2.38. The van der Waals surface area contributed by atoms with E-state index in [9.17, 15) is 27.6 Å². The van der Waals surface area contributed by atoms with Crippen LogP contribution in [0, 0.1) is 5.92 Å². The lowest BCUT2D eigenvalue weighted by Gasteiger charge is -2.26. The number of benzene rings is 2. The molecule has 4 rings (SSSR count). The van der Waals surface area contributed by atoms with Crippen molar-refractivity contribution in [2.45, 2.75) is 64.9 Å². The van der Waals surface area contributed by atoms with Gasteiger partial charge in [0.1, 0.15) is 17.2 Å². The number of alkyl halides is 3. The molecule has 9 nitrogen and oxygen atoms in total. The van der Waals surface area contributed by atoms with Gasteiger partial charge in [0.25, 0.3) is 0 Å². The highest BCUT2D eigenvalue weighted by Crippen LogP contribution is 2.31. The highest BCUT2D eigenvalue weighted by molar-refractivity contribution is 5.86. The molecule has 0 unspecified atom stereocenters. The monoisotopic (exact) mass is 641 g/mol. The molecule has 1 aliphatic rings. The minimum absolute atomic E-state index is 0.0627. The van der Waals surface area contributed by atoms with Gasteiger partial charge in [0.15, 0.2) is 0 Å². The van der Waals surface area contributed by atoms with Gasteiger partial charge in [-0.05, 0) is 86.7 Å². The van der Waals surface area contributed by atoms with Crippen LogP contribution in [0.25, 0.3) is 0 Å². The maximum Gasteiger partial charge on any atom is 0.416 e. The van der Waals surface area contributed by atoms with Crippen LogP contribution in [0.3, 0.4) is 0 Å². The first kappa shape index (κ1) is 34.3. The summed E-state index contributed by atoms with van der Waals surface area (Å²) in [6.45, 7) is 6.17. The van der Waals surface area contributed by atoms with E-state index in [0.717, 1.165) is 23.3 Å². The molecule has 2 amide bonds. The highest BCUT2D eigenvalue weighted by atomic mass is 19.4. The average Bonchev–Trinajstić information content (AvgIpc) is 3.12. The number of ether oxygens (including phenoxy) is 3. The summed E-state index contributed by atoms with van der Waals surface area (Å²) in [6, 6.07) is 15.4. The number of rotatable bonds is 10. The number of halogens is 3. The highest BCUT2D eigenvalue weighted by Gasteiger charge is 2.33. The predicted molar refractivity (Wildman–Crippen MR) is 164 cm³/mol. The van der Waals surface area contributed by atoms with Gasteiger partial charge in [-0.2, -0.15) is 13.2 Å². The zero-order chi connectivity index (χ0) is 33.5. The molecule has 2 aromatic carbocycles. The second kappa shape index (κ2) is 14.7. The summed E-state index contributed by atoms with van der Waals surface area (Å²) in [7, 11) is 1.25. The van der Waals surface area contributed by atoms with Crippen molar-refractivity contribution in [1.29, 1.82) is 0 Å². The Morgan fingerprint density at radius 2 is 1.76 bits per heavy atom. The first-order valence-electron chi connectivity index (χ1n) is 14.9. The van der Waals surface area contributed by atoms with Crippen LogP contribution < -0.4 is 9.64 Å². The molecular formula is C34H38F3N3O6. The van der Waals surface area contributed by atoms with Gasteiger partial charge in [0, 0.05) is 25.8 Å². The molecule has 0 N–H and O–H groups in total. The standard InChI is InChI=1S/C34H38F3N3O6/c1-33(2,3)46-32(43)40(29-8-5-6-15-38-29)16-7-17-45-28-14-11-24-18-25(20-30(41)44-4)31(42)39(22-26(24)19-28)21-23-9-12-27(13-10-23)34(35,36)37/h5-6,8-15,19,25H,7,16-18,20-22H2,1-4H3/t25-/m0/s1. The molecule has 1 aromatic heterocycles. The van der Waals surface area contributed by atoms with Crippen molar-refractivity contribution >= 4 is 23.8 Å². The molecule has 0 aliphatic carbocycles. The summed E-state index contributed by atoms with van der Waals surface area (Å²) in [6.07, 6.45) is -2.75. The number of pyridine rings is 1. The van der Waals surface area contributed by atoms with Crippen LogP contribution >= 0.6 is 0 Å². The van der Waals surface area contributed by atoms with E-state index < -0.39 is 35.3 Å². The van der Waals surface area contributed by atoms with E-state index in [1.54, 1.807) is 51.2 Å². The Morgan fingerprint density at radius 1 is 1.02 bits per heavy atom. The quantitative estimate of drug-likeness (QED) is 0.182. The number of hydrogen-bond donors (Lipinski definition) is 0. The molecule has 46 heavy (non-hydrogen) atoms. The molecule has 12 heteroatoms. The van der Waals surface area contributed by atoms with Crippen molar-refractivity contribution < 1.29 is 41.8 Å². The normalized spacial score (nSPS) is 15.1. The van der Waals surface area contributed by atoms with E-state index in [1.165, 1.54) is 29.0 Å². The molecule has 0 saturated carbocycles. The Balaban J connectivity index is 1.47. The Kier molecular flexibility index (Phi) is 10.9. The lowest BCUT2D eigenvalue weighted by atomic mass is 9.94. The van der Waals surface area contributed by atoms with Crippen molar-refractivity contribution in [1.82, 2.24) is 9.88 Å². The van der Waals surface area contributed by atoms with Gasteiger partial charge < -0.3 is 19.1 Å². The van der Waals surface area contributed by atoms with Gasteiger partial charge in [0.05, 0.1) is 31.6 Å². The zero-order valence-corrected chi connectivity index (χ0v) is 26.3. The number of methoxy groups -OCH3 is 1. The van der Waals surface area contributed by atoms with E-state index in [4.69, 9.17) is 14.2 Å². The number of nitrogens with zero attached hydrogens (tertiary/aromatic N) is 3. The fraction of sp³-hybridized carbons (Fsp3) is 0.412. The van der Waals surface area contributed by atoms with Gasteiger partial charge in [-0.15, -0.1) is 0 Å². The van der Waals surface area contributed by atoms with Gasteiger partial charge in [0.2, 0.25) is 5.91 Å². The number of anilines is 1. The van der Waals surface area contributed by atoms with Crippen molar-refractivity contribution in [3.8, 4) is 5.75 Å². The third-order valence-corrected chi connectivity index (χ3v) is 7.30. The third kappa shape index (κ3) is 9.45. The van der Waals surface area contributed by atoms with E-state index in [1.807, 2.05) is 12.1 Å². The van der Waals surface area contributed by atoms with E-state index in [-0.39, 0.29) is 32.0 Å². The molecule has 3 aromatic rings. The maximum absolute atomic E-state index is 13.6. The third-order valence-electron chi connectivity index (χ3n) is 7.30. The van der Waals surface area contributed by atoms with Crippen LogP contribution in [0.4, 0.5) is 23.8 Å². The molecular weight excluding hydrogens is 603 g/mol. The summed E-state index contributed by atoms with van der Waals surface area (Å²) >= 11 is 0. The van der Waals surface area contributed by atoms with Crippen molar-refractivity contribution in [3.63, 3.8) is 0 Å². The molecule has 0 bridgehead atoms. The van der Waals surface area contributed by atoms with Crippen molar-refractivity contribution in [2.24, 2.45) is 5.92 Å². The molecule has 246 valence electrons. The number of carbonyl (C=O) groups excluding carboxylic acids is 3. The van der Waals surface area contributed by atoms with Crippen molar-refractivity contribution in [2.75, 3.05) is 25.2 Å². The molecule has 1 atom stereocenters. The lowest BCUT2D eigenvalue weighted by molar-refractivity contribution is -0.147. The van der Waals surface area contributed by atoms with Gasteiger partial charge in [-0.25, -0.2) is 9.78 Å². The van der Waals surface area contributed by atoms with E-state index in [2.05, 4.69) is 4.98 Å². The summed E-state index contributed by atoms with van der Waals surface area (Å²) in [5, 5.41) is 0. The summed E-state index contributed by atoms with van der Waals surface area (Å²) in [5.74, 6) is -0.502. The first-order valence-corrected chi connectivity index (χ1v) is 14.9. The van der Waals surface area contributed by atoms with Gasteiger partial charge >= 0.3 is 18.2 Å². The average molecular weight is 642 g/mol. The number of hydrogen-bond acceptors (Lipinski definition) is 7. The van der Waals surface area contributed by atoms with Gasteiger partial charge in [-0.1, -0.05) is 24.3 Å². The Labute approximate surface area is 266 Å². The Hall–Kier alpha value is -4.61. The molecule has 0 saturated heterocycles. The molecule has 0 radical (unpaired) electrons. The first-order chi connectivity index (χ1) is 21.7. The largest absolute Gasteiger partial charge is 0.494 e.